The van der Waals surface area contributed by atoms with Crippen LogP contribution in [0.3, 0.4) is 0 Å². The molecular formula is C17H26N2O2. The normalized spacial score (nSPS) is 25.0. The third-order valence-corrected chi connectivity index (χ3v) is 4.70. The molecule has 116 valence electrons. The number of benzene rings is 1. The van der Waals surface area contributed by atoms with E-state index in [1.165, 1.54) is 37.9 Å². The van der Waals surface area contributed by atoms with Crippen LogP contribution in [0.25, 0.3) is 0 Å². The minimum Gasteiger partial charge on any atom is -0.493 e. The molecule has 0 aromatic heterocycles. The van der Waals surface area contributed by atoms with Crippen molar-refractivity contribution in [3.05, 3.63) is 23.8 Å². The van der Waals surface area contributed by atoms with Gasteiger partial charge < -0.3 is 14.8 Å². The van der Waals surface area contributed by atoms with Gasteiger partial charge in [0.2, 0.25) is 0 Å². The molecule has 2 heterocycles. The van der Waals surface area contributed by atoms with Crippen LogP contribution in [-0.2, 0) is 6.54 Å². The summed E-state index contributed by atoms with van der Waals surface area (Å²) in [4.78, 5) is 2.64. The Hall–Kier alpha value is -1.26. The number of nitrogens with zero attached hydrogens (tertiary/aromatic N) is 1. The summed E-state index contributed by atoms with van der Waals surface area (Å²) < 4.78 is 11.0. The highest BCUT2D eigenvalue weighted by Gasteiger charge is 2.36. The van der Waals surface area contributed by atoms with E-state index in [4.69, 9.17) is 9.47 Å². The highest BCUT2D eigenvalue weighted by Crippen LogP contribution is 2.30. The fourth-order valence-corrected chi connectivity index (χ4v) is 3.67. The molecule has 4 nitrogen and oxygen atoms in total. The monoisotopic (exact) mass is 290 g/mol. The molecule has 1 aromatic carbocycles. The Morgan fingerprint density at radius 3 is 2.95 bits per heavy atom. The highest BCUT2D eigenvalue weighted by molar-refractivity contribution is 5.42. The van der Waals surface area contributed by atoms with E-state index in [0.29, 0.717) is 12.6 Å². The standard InChI is InChI=1S/C17H26N2O2/c1-3-21-17-11-13(6-7-16(17)20-2)12-18-14-8-10-19-9-4-5-15(14)19/h6-7,11,14-15,18H,3-5,8-10,12H2,1-2H3. The number of fused-ring (bicyclic) bond motifs is 1. The molecule has 0 aliphatic carbocycles. The van der Waals surface area contributed by atoms with Gasteiger partial charge in [0.15, 0.2) is 11.5 Å². The Morgan fingerprint density at radius 1 is 1.24 bits per heavy atom. The number of methoxy groups -OCH3 is 1. The van der Waals surface area contributed by atoms with E-state index in [1.807, 2.05) is 13.0 Å². The van der Waals surface area contributed by atoms with E-state index in [9.17, 15) is 0 Å². The summed E-state index contributed by atoms with van der Waals surface area (Å²) in [5.41, 5.74) is 1.26. The first-order valence-corrected chi connectivity index (χ1v) is 8.09. The van der Waals surface area contributed by atoms with Gasteiger partial charge in [0.05, 0.1) is 13.7 Å². The van der Waals surface area contributed by atoms with Gasteiger partial charge in [0.1, 0.15) is 0 Å². The topological polar surface area (TPSA) is 33.7 Å². The minimum atomic E-state index is 0.644. The van der Waals surface area contributed by atoms with Crippen molar-refractivity contribution in [3.63, 3.8) is 0 Å². The average Bonchev–Trinajstić information content (AvgIpc) is 3.09. The number of ether oxygens (including phenoxy) is 2. The number of hydrogen-bond acceptors (Lipinski definition) is 4. The van der Waals surface area contributed by atoms with Crippen LogP contribution < -0.4 is 14.8 Å². The maximum Gasteiger partial charge on any atom is 0.161 e. The Morgan fingerprint density at radius 2 is 2.14 bits per heavy atom. The number of nitrogens with one attached hydrogen (secondary N) is 1. The second-order valence-corrected chi connectivity index (χ2v) is 5.94. The zero-order valence-electron chi connectivity index (χ0n) is 13.1. The first kappa shape index (κ1) is 14.7. The first-order chi connectivity index (χ1) is 10.3. The van der Waals surface area contributed by atoms with Gasteiger partial charge in [-0.3, -0.25) is 4.90 Å². The summed E-state index contributed by atoms with van der Waals surface area (Å²) >= 11 is 0. The summed E-state index contributed by atoms with van der Waals surface area (Å²) in [7, 11) is 1.68. The number of hydrogen-bond donors (Lipinski definition) is 1. The van der Waals surface area contributed by atoms with Gasteiger partial charge in [-0.25, -0.2) is 0 Å². The van der Waals surface area contributed by atoms with E-state index in [-0.39, 0.29) is 0 Å². The van der Waals surface area contributed by atoms with Gasteiger partial charge in [-0.05, 0) is 50.4 Å². The second-order valence-electron chi connectivity index (χ2n) is 5.94. The van der Waals surface area contributed by atoms with Crippen molar-refractivity contribution < 1.29 is 9.47 Å². The zero-order chi connectivity index (χ0) is 14.7. The van der Waals surface area contributed by atoms with Crippen LogP contribution in [0.15, 0.2) is 18.2 Å². The molecule has 1 N–H and O–H groups in total. The molecule has 2 fully saturated rings. The van der Waals surface area contributed by atoms with Gasteiger partial charge in [-0.2, -0.15) is 0 Å². The van der Waals surface area contributed by atoms with Gasteiger partial charge in [-0.1, -0.05) is 6.07 Å². The molecule has 1 aromatic rings. The van der Waals surface area contributed by atoms with Crippen molar-refractivity contribution in [3.8, 4) is 11.5 Å². The van der Waals surface area contributed by atoms with E-state index in [2.05, 4.69) is 22.3 Å². The highest BCUT2D eigenvalue weighted by atomic mass is 16.5. The van der Waals surface area contributed by atoms with Crippen molar-refractivity contribution in [2.75, 3.05) is 26.8 Å². The van der Waals surface area contributed by atoms with Gasteiger partial charge in [0.25, 0.3) is 0 Å². The largest absolute Gasteiger partial charge is 0.493 e. The summed E-state index contributed by atoms with van der Waals surface area (Å²) in [5.74, 6) is 1.65. The smallest absolute Gasteiger partial charge is 0.161 e. The van der Waals surface area contributed by atoms with Crippen molar-refractivity contribution in [2.24, 2.45) is 0 Å². The molecule has 3 rings (SSSR count). The molecule has 2 atom stereocenters. The lowest BCUT2D eigenvalue weighted by Crippen LogP contribution is -2.38. The molecule has 2 aliphatic heterocycles. The molecule has 2 unspecified atom stereocenters. The van der Waals surface area contributed by atoms with Crippen LogP contribution in [-0.4, -0.2) is 43.8 Å². The predicted octanol–water partition coefficient (Wildman–Crippen LogP) is 2.42. The molecule has 2 aliphatic rings. The Balaban J connectivity index is 1.61. The van der Waals surface area contributed by atoms with Crippen LogP contribution >= 0.6 is 0 Å². The Kier molecular flexibility index (Phi) is 4.66. The van der Waals surface area contributed by atoms with Crippen LogP contribution in [0.2, 0.25) is 0 Å². The molecule has 0 saturated carbocycles. The van der Waals surface area contributed by atoms with Crippen molar-refractivity contribution in [1.82, 2.24) is 10.2 Å². The Labute approximate surface area is 127 Å². The van der Waals surface area contributed by atoms with Crippen LogP contribution in [0, 0.1) is 0 Å². The quantitative estimate of drug-likeness (QED) is 0.872. The van der Waals surface area contributed by atoms with E-state index < -0.39 is 0 Å². The SMILES string of the molecule is CCOc1cc(CNC2CCN3CCCC23)ccc1OC. The first-order valence-electron chi connectivity index (χ1n) is 8.09. The van der Waals surface area contributed by atoms with Crippen molar-refractivity contribution in [1.29, 1.82) is 0 Å². The molecule has 4 heteroatoms. The maximum atomic E-state index is 5.65. The fraction of sp³-hybridized carbons (Fsp3) is 0.647. The van der Waals surface area contributed by atoms with Gasteiger partial charge >= 0.3 is 0 Å². The van der Waals surface area contributed by atoms with Crippen LogP contribution in [0.1, 0.15) is 31.7 Å². The summed E-state index contributed by atoms with van der Waals surface area (Å²) in [6.07, 6.45) is 3.99. The molecule has 0 radical (unpaired) electrons. The third-order valence-electron chi connectivity index (χ3n) is 4.70. The molecule has 21 heavy (non-hydrogen) atoms. The molecular weight excluding hydrogens is 264 g/mol. The lowest BCUT2D eigenvalue weighted by atomic mass is 10.1. The van der Waals surface area contributed by atoms with Gasteiger partial charge in [0, 0.05) is 25.2 Å². The maximum absolute atomic E-state index is 5.65. The lowest BCUT2D eigenvalue weighted by Gasteiger charge is -2.21. The third kappa shape index (κ3) is 3.16. The molecule has 0 spiro atoms. The lowest BCUT2D eigenvalue weighted by molar-refractivity contribution is 0.298. The zero-order valence-corrected chi connectivity index (χ0v) is 13.1. The molecule has 0 amide bonds. The van der Waals surface area contributed by atoms with Crippen LogP contribution in [0.4, 0.5) is 0 Å². The van der Waals surface area contributed by atoms with Crippen LogP contribution in [0.5, 0.6) is 11.5 Å². The number of rotatable bonds is 6. The summed E-state index contributed by atoms with van der Waals surface area (Å²) in [5, 5.41) is 3.74. The molecule has 2 saturated heterocycles. The summed E-state index contributed by atoms with van der Waals surface area (Å²) in [6.45, 7) is 6.11. The van der Waals surface area contributed by atoms with E-state index >= 15 is 0 Å². The van der Waals surface area contributed by atoms with E-state index in [0.717, 1.165) is 24.1 Å². The Bertz CT molecular complexity index is 478. The average molecular weight is 290 g/mol. The molecule has 0 bridgehead atoms. The van der Waals surface area contributed by atoms with Crippen molar-refractivity contribution >= 4 is 0 Å². The van der Waals surface area contributed by atoms with Gasteiger partial charge in [-0.15, -0.1) is 0 Å². The minimum absolute atomic E-state index is 0.644. The second kappa shape index (κ2) is 6.67. The van der Waals surface area contributed by atoms with E-state index in [1.54, 1.807) is 7.11 Å². The van der Waals surface area contributed by atoms with Crippen molar-refractivity contribution in [2.45, 2.75) is 44.8 Å². The fourth-order valence-electron chi connectivity index (χ4n) is 3.67. The summed E-state index contributed by atoms with van der Waals surface area (Å²) in [6, 6.07) is 7.62. The predicted molar refractivity (Wildman–Crippen MR) is 84.0 cm³/mol.